The number of carbonyl (C=O) groups excluding carboxylic acids is 2. The van der Waals surface area contributed by atoms with Gasteiger partial charge in [-0.25, -0.2) is 0 Å². The number of fused-ring (bicyclic) bond motifs is 1. The molecule has 33 heavy (non-hydrogen) atoms. The third-order valence-electron chi connectivity index (χ3n) is 5.50. The van der Waals surface area contributed by atoms with Crippen LogP contribution >= 0.6 is 0 Å². The predicted molar refractivity (Wildman–Crippen MR) is 125 cm³/mol. The van der Waals surface area contributed by atoms with E-state index in [4.69, 9.17) is 14.2 Å². The lowest BCUT2D eigenvalue weighted by atomic mass is 10.1. The van der Waals surface area contributed by atoms with Crippen LogP contribution in [-0.2, 0) is 4.79 Å². The molecule has 2 heterocycles. The zero-order valence-corrected chi connectivity index (χ0v) is 19.1. The van der Waals surface area contributed by atoms with Gasteiger partial charge in [0.05, 0.1) is 0 Å². The Morgan fingerprint density at radius 2 is 1.76 bits per heavy atom. The Labute approximate surface area is 192 Å². The van der Waals surface area contributed by atoms with Crippen LogP contribution < -0.4 is 14.2 Å². The smallest absolute Gasteiger partial charge is 0.259 e. The maximum atomic E-state index is 12.7. The molecule has 1 aliphatic heterocycles. The molecule has 4 rings (SSSR count). The van der Waals surface area contributed by atoms with Gasteiger partial charge in [-0.1, -0.05) is 0 Å². The van der Waals surface area contributed by atoms with E-state index in [2.05, 4.69) is 4.57 Å². The Bertz CT molecular complexity index is 1220. The summed E-state index contributed by atoms with van der Waals surface area (Å²) in [5, 5.41) is 0. The fourth-order valence-electron chi connectivity index (χ4n) is 3.63. The number of rotatable bonds is 7. The van der Waals surface area contributed by atoms with E-state index in [1.807, 2.05) is 44.2 Å². The molecule has 0 saturated heterocycles. The first-order valence-corrected chi connectivity index (χ1v) is 10.6. The maximum absolute atomic E-state index is 12.7. The lowest BCUT2D eigenvalue weighted by Gasteiger charge is -2.11. The van der Waals surface area contributed by atoms with E-state index in [9.17, 15) is 9.59 Å². The van der Waals surface area contributed by atoms with Crippen LogP contribution in [0.25, 0.3) is 11.8 Å². The van der Waals surface area contributed by atoms with Crippen molar-refractivity contribution >= 4 is 17.8 Å². The minimum atomic E-state index is -0.128. The molecule has 0 bridgehead atoms. The highest BCUT2D eigenvalue weighted by molar-refractivity contribution is 6.06. The first kappa shape index (κ1) is 22.2. The summed E-state index contributed by atoms with van der Waals surface area (Å²) in [5.41, 5.74) is 4.54. The van der Waals surface area contributed by atoms with Crippen molar-refractivity contribution in [3.05, 3.63) is 77.1 Å². The molecule has 0 fully saturated rings. The van der Waals surface area contributed by atoms with Crippen molar-refractivity contribution in [1.29, 1.82) is 0 Å². The lowest BCUT2D eigenvalue weighted by Crippen LogP contribution is -2.27. The van der Waals surface area contributed by atoms with E-state index in [1.54, 1.807) is 44.4 Å². The van der Waals surface area contributed by atoms with Crippen molar-refractivity contribution in [2.75, 3.05) is 27.5 Å². The molecule has 0 radical (unpaired) electrons. The number of aryl methyl sites for hydroxylation is 1. The van der Waals surface area contributed by atoms with Gasteiger partial charge in [0.2, 0.25) is 6.79 Å². The molecule has 0 N–H and O–H groups in total. The standard InChI is InChI=1S/C26H26N2O5/c1-17-13-20(18(2)28(17)21-8-12-24-25(14-21)33-16-32-24)7-11-23(29)19-5-9-22(10-6-19)31-15-26(30)27(3)4/h5-14H,15-16H2,1-4H3/b11-7+. The molecule has 0 aliphatic carbocycles. The van der Waals surface area contributed by atoms with Crippen LogP contribution in [0.4, 0.5) is 0 Å². The number of benzene rings is 2. The Hall–Kier alpha value is -4.00. The van der Waals surface area contributed by atoms with E-state index in [0.29, 0.717) is 11.3 Å². The summed E-state index contributed by atoms with van der Waals surface area (Å²) >= 11 is 0. The second-order valence-electron chi connectivity index (χ2n) is 8.00. The Morgan fingerprint density at radius 3 is 2.48 bits per heavy atom. The van der Waals surface area contributed by atoms with Gasteiger partial charge >= 0.3 is 0 Å². The molecule has 3 aromatic rings. The molecule has 1 aromatic heterocycles. The number of hydrogen-bond acceptors (Lipinski definition) is 5. The number of ether oxygens (including phenoxy) is 3. The molecule has 7 heteroatoms. The van der Waals surface area contributed by atoms with Crippen LogP contribution in [0.15, 0.2) is 54.6 Å². The van der Waals surface area contributed by atoms with Gasteiger partial charge in [-0.15, -0.1) is 0 Å². The monoisotopic (exact) mass is 446 g/mol. The van der Waals surface area contributed by atoms with E-state index in [-0.39, 0.29) is 25.1 Å². The Morgan fingerprint density at radius 1 is 1.03 bits per heavy atom. The van der Waals surface area contributed by atoms with Crippen LogP contribution in [0.2, 0.25) is 0 Å². The van der Waals surface area contributed by atoms with E-state index >= 15 is 0 Å². The second kappa shape index (κ2) is 9.24. The number of amides is 1. The van der Waals surface area contributed by atoms with Crippen molar-refractivity contribution in [3.8, 4) is 22.9 Å². The van der Waals surface area contributed by atoms with Gasteiger partial charge in [-0.05, 0) is 74.0 Å². The third-order valence-corrected chi connectivity index (χ3v) is 5.50. The largest absolute Gasteiger partial charge is 0.484 e. The maximum Gasteiger partial charge on any atom is 0.259 e. The van der Waals surface area contributed by atoms with Gasteiger partial charge < -0.3 is 23.7 Å². The third kappa shape index (κ3) is 4.77. The minimum absolute atomic E-state index is 0.0425. The van der Waals surface area contributed by atoms with Crippen LogP contribution in [0, 0.1) is 13.8 Å². The second-order valence-corrected chi connectivity index (χ2v) is 8.00. The van der Waals surface area contributed by atoms with Gasteiger partial charge in [0, 0.05) is 42.8 Å². The highest BCUT2D eigenvalue weighted by Gasteiger charge is 2.16. The van der Waals surface area contributed by atoms with Crippen LogP contribution in [0.3, 0.4) is 0 Å². The van der Waals surface area contributed by atoms with Crippen LogP contribution in [-0.4, -0.2) is 48.7 Å². The molecule has 0 spiro atoms. The van der Waals surface area contributed by atoms with Crippen LogP contribution in [0.5, 0.6) is 17.2 Å². The fraction of sp³-hybridized carbons (Fsp3) is 0.231. The molecule has 1 aliphatic rings. The molecular formula is C26H26N2O5. The molecule has 1 amide bonds. The average molecular weight is 447 g/mol. The summed E-state index contributed by atoms with van der Waals surface area (Å²) < 4.78 is 18.5. The first-order chi connectivity index (χ1) is 15.8. The quantitative estimate of drug-likeness (QED) is 0.402. The number of aromatic nitrogens is 1. The summed E-state index contributed by atoms with van der Waals surface area (Å²) in [6.07, 6.45) is 3.39. The summed E-state index contributed by atoms with van der Waals surface area (Å²) in [5.74, 6) is 1.77. The van der Waals surface area contributed by atoms with E-state index < -0.39 is 0 Å². The lowest BCUT2D eigenvalue weighted by molar-refractivity contribution is -0.130. The van der Waals surface area contributed by atoms with Gasteiger partial charge in [-0.3, -0.25) is 9.59 Å². The number of hydrogen-bond donors (Lipinski definition) is 0. The summed E-state index contributed by atoms with van der Waals surface area (Å²) in [6, 6.07) is 14.7. The van der Waals surface area contributed by atoms with Gasteiger partial charge in [0.25, 0.3) is 5.91 Å². The van der Waals surface area contributed by atoms with Crippen molar-refractivity contribution in [1.82, 2.24) is 9.47 Å². The van der Waals surface area contributed by atoms with Crippen LogP contribution in [0.1, 0.15) is 27.3 Å². The highest BCUT2D eigenvalue weighted by Crippen LogP contribution is 2.35. The molecule has 7 nitrogen and oxygen atoms in total. The van der Waals surface area contributed by atoms with Crippen molar-refractivity contribution in [3.63, 3.8) is 0 Å². The highest BCUT2D eigenvalue weighted by atomic mass is 16.7. The van der Waals surface area contributed by atoms with Crippen molar-refractivity contribution < 1.29 is 23.8 Å². The Balaban J connectivity index is 1.46. The average Bonchev–Trinajstić information content (AvgIpc) is 3.38. The van der Waals surface area contributed by atoms with E-state index in [0.717, 1.165) is 34.1 Å². The normalized spacial score (nSPS) is 12.2. The molecule has 0 saturated carbocycles. The van der Waals surface area contributed by atoms with Gasteiger partial charge in [-0.2, -0.15) is 0 Å². The number of carbonyl (C=O) groups is 2. The van der Waals surface area contributed by atoms with Crippen molar-refractivity contribution in [2.45, 2.75) is 13.8 Å². The number of ketones is 1. The molecule has 0 unspecified atom stereocenters. The van der Waals surface area contributed by atoms with E-state index in [1.165, 1.54) is 4.90 Å². The first-order valence-electron chi connectivity index (χ1n) is 10.6. The molecule has 170 valence electrons. The predicted octanol–water partition coefficient (Wildman–Crippen LogP) is 4.19. The minimum Gasteiger partial charge on any atom is -0.484 e. The zero-order chi connectivity index (χ0) is 23.5. The summed E-state index contributed by atoms with van der Waals surface area (Å²) in [6.45, 7) is 4.23. The molecular weight excluding hydrogens is 420 g/mol. The number of nitrogens with zero attached hydrogens (tertiary/aromatic N) is 2. The summed E-state index contributed by atoms with van der Waals surface area (Å²) in [4.78, 5) is 25.8. The van der Waals surface area contributed by atoms with Gasteiger partial charge in [0.1, 0.15) is 5.75 Å². The zero-order valence-electron chi connectivity index (χ0n) is 19.1. The fourth-order valence-corrected chi connectivity index (χ4v) is 3.63. The number of likely N-dealkylation sites (N-methyl/N-ethyl adjacent to an activating group) is 1. The molecule has 2 aromatic carbocycles. The van der Waals surface area contributed by atoms with Gasteiger partial charge in [0.15, 0.2) is 23.9 Å². The Kier molecular flexibility index (Phi) is 6.22. The topological polar surface area (TPSA) is 70.0 Å². The number of allylic oxidation sites excluding steroid dienone is 1. The molecule has 0 atom stereocenters. The van der Waals surface area contributed by atoms with Crippen molar-refractivity contribution in [2.24, 2.45) is 0 Å². The summed E-state index contributed by atoms with van der Waals surface area (Å²) in [7, 11) is 3.35. The SMILES string of the molecule is Cc1cc(/C=C/C(=O)c2ccc(OCC(=O)N(C)C)cc2)c(C)n1-c1ccc2c(c1)OCO2.